The van der Waals surface area contributed by atoms with Crippen LogP contribution in [-0.4, -0.2) is 69.9 Å². The van der Waals surface area contributed by atoms with Crippen molar-refractivity contribution in [2.24, 2.45) is 7.05 Å². The van der Waals surface area contributed by atoms with E-state index < -0.39 is 0 Å². The van der Waals surface area contributed by atoms with E-state index in [-0.39, 0.29) is 12.5 Å². The molecule has 0 atom stereocenters. The first-order valence-corrected chi connectivity index (χ1v) is 10.1. The van der Waals surface area contributed by atoms with E-state index in [2.05, 4.69) is 26.7 Å². The van der Waals surface area contributed by atoms with Crippen LogP contribution in [0.2, 0.25) is 0 Å². The van der Waals surface area contributed by atoms with Gasteiger partial charge in [-0.1, -0.05) is 12.8 Å². The van der Waals surface area contributed by atoms with E-state index in [1.165, 1.54) is 38.8 Å². The Kier molecular flexibility index (Phi) is 7.02. The van der Waals surface area contributed by atoms with Crippen molar-refractivity contribution < 1.29 is 9.53 Å². The van der Waals surface area contributed by atoms with Gasteiger partial charge in [-0.25, -0.2) is 0 Å². The van der Waals surface area contributed by atoms with Crippen molar-refractivity contribution in [1.29, 1.82) is 0 Å². The van der Waals surface area contributed by atoms with Crippen molar-refractivity contribution in [3.63, 3.8) is 0 Å². The normalized spacial score (nSPS) is 20.3. The Balaban J connectivity index is 1.54. The maximum absolute atomic E-state index is 12.1. The fraction of sp³-hybridized carbons (Fsp3) is 0.842. The van der Waals surface area contributed by atoms with E-state index in [1.807, 2.05) is 11.8 Å². The molecule has 0 aromatic carbocycles. The Labute approximate surface area is 156 Å². The molecule has 0 unspecified atom stereocenters. The van der Waals surface area contributed by atoms with Crippen LogP contribution in [0.25, 0.3) is 0 Å². The topological polar surface area (TPSA) is 63.5 Å². The minimum Gasteiger partial charge on any atom is -0.372 e. The molecule has 1 aromatic heterocycles. The summed E-state index contributed by atoms with van der Waals surface area (Å²) < 4.78 is 7.43. The number of carbonyl (C=O) groups is 1. The van der Waals surface area contributed by atoms with Gasteiger partial charge >= 0.3 is 0 Å². The largest absolute Gasteiger partial charge is 0.372 e. The number of hydrogen-bond donors (Lipinski definition) is 0. The van der Waals surface area contributed by atoms with Gasteiger partial charge in [0.1, 0.15) is 18.3 Å². The van der Waals surface area contributed by atoms with Gasteiger partial charge in [0.15, 0.2) is 0 Å². The van der Waals surface area contributed by atoms with Crippen molar-refractivity contribution in [1.82, 2.24) is 24.6 Å². The van der Waals surface area contributed by atoms with Crippen LogP contribution in [0.15, 0.2) is 0 Å². The molecular formula is C19H33N5O2. The Bertz CT molecular complexity index is 572. The molecule has 2 saturated heterocycles. The molecule has 26 heavy (non-hydrogen) atoms. The van der Waals surface area contributed by atoms with Gasteiger partial charge in [-0.2, -0.15) is 0 Å². The van der Waals surface area contributed by atoms with E-state index in [4.69, 9.17) is 4.74 Å². The number of amides is 1. The van der Waals surface area contributed by atoms with Gasteiger partial charge in [0.05, 0.1) is 6.54 Å². The molecule has 146 valence electrons. The van der Waals surface area contributed by atoms with Crippen molar-refractivity contribution in [2.45, 2.75) is 57.9 Å². The fourth-order valence-corrected chi connectivity index (χ4v) is 4.03. The monoisotopic (exact) mass is 363 g/mol. The number of hydrogen-bond acceptors (Lipinski definition) is 5. The molecule has 2 aliphatic rings. The van der Waals surface area contributed by atoms with E-state index in [0.29, 0.717) is 12.5 Å². The number of piperidine rings is 1. The van der Waals surface area contributed by atoms with Crippen LogP contribution in [0.5, 0.6) is 0 Å². The summed E-state index contributed by atoms with van der Waals surface area (Å²) in [6.45, 7) is 7.50. The standard InChI is InChI=1S/C19H33N5O2/c1-3-26-15-18(25)24-12-8-16(9-13-24)19-21-20-17(22(19)2)14-23-10-6-4-5-7-11-23/h16H,3-15H2,1-2H3. The molecule has 0 aliphatic carbocycles. The van der Waals surface area contributed by atoms with E-state index >= 15 is 0 Å². The molecule has 7 heteroatoms. The third-order valence-corrected chi connectivity index (χ3v) is 5.70. The molecule has 0 bridgehead atoms. The number of carbonyl (C=O) groups excluding carboxylic acids is 1. The Morgan fingerprint density at radius 1 is 1.08 bits per heavy atom. The highest BCUT2D eigenvalue weighted by molar-refractivity contribution is 5.77. The maximum atomic E-state index is 12.1. The van der Waals surface area contributed by atoms with Gasteiger partial charge in [0, 0.05) is 32.7 Å². The minimum absolute atomic E-state index is 0.102. The molecule has 0 radical (unpaired) electrons. The molecule has 3 rings (SSSR count). The van der Waals surface area contributed by atoms with Gasteiger partial charge in [0.2, 0.25) is 5.91 Å². The van der Waals surface area contributed by atoms with E-state index in [0.717, 1.165) is 44.1 Å². The molecule has 1 amide bonds. The number of likely N-dealkylation sites (tertiary alicyclic amines) is 2. The summed E-state index contributed by atoms with van der Waals surface area (Å²) in [5, 5.41) is 8.99. The smallest absolute Gasteiger partial charge is 0.248 e. The Hall–Kier alpha value is -1.47. The van der Waals surface area contributed by atoms with Crippen LogP contribution in [0, 0.1) is 0 Å². The van der Waals surface area contributed by atoms with Crippen LogP contribution < -0.4 is 0 Å². The first-order valence-electron chi connectivity index (χ1n) is 10.1. The summed E-state index contributed by atoms with van der Waals surface area (Å²) in [5.41, 5.74) is 0. The molecule has 3 heterocycles. The second-order valence-electron chi connectivity index (χ2n) is 7.52. The van der Waals surface area contributed by atoms with Crippen LogP contribution >= 0.6 is 0 Å². The third kappa shape index (κ3) is 4.82. The van der Waals surface area contributed by atoms with E-state index in [9.17, 15) is 4.79 Å². The molecule has 0 saturated carbocycles. The lowest BCUT2D eigenvalue weighted by Crippen LogP contribution is -2.40. The summed E-state index contributed by atoms with van der Waals surface area (Å²) in [6.07, 6.45) is 7.18. The molecule has 0 N–H and O–H groups in total. The second-order valence-corrected chi connectivity index (χ2v) is 7.52. The van der Waals surface area contributed by atoms with Gasteiger partial charge in [-0.15, -0.1) is 10.2 Å². The highest BCUT2D eigenvalue weighted by Gasteiger charge is 2.27. The first-order chi connectivity index (χ1) is 12.7. The van der Waals surface area contributed by atoms with Gasteiger partial charge in [-0.05, 0) is 45.7 Å². The molecular weight excluding hydrogens is 330 g/mol. The number of ether oxygens (including phenoxy) is 1. The van der Waals surface area contributed by atoms with Gasteiger partial charge < -0.3 is 14.2 Å². The summed E-state index contributed by atoms with van der Waals surface area (Å²) in [5.74, 6) is 2.63. The summed E-state index contributed by atoms with van der Waals surface area (Å²) >= 11 is 0. The third-order valence-electron chi connectivity index (χ3n) is 5.70. The lowest BCUT2D eigenvalue weighted by Gasteiger charge is -2.31. The second kappa shape index (κ2) is 9.46. The van der Waals surface area contributed by atoms with Crippen molar-refractivity contribution in [2.75, 3.05) is 39.4 Å². The lowest BCUT2D eigenvalue weighted by atomic mass is 9.96. The lowest BCUT2D eigenvalue weighted by molar-refractivity contribution is -0.137. The Morgan fingerprint density at radius 3 is 2.42 bits per heavy atom. The Morgan fingerprint density at radius 2 is 1.77 bits per heavy atom. The van der Waals surface area contributed by atoms with Crippen LogP contribution in [-0.2, 0) is 23.1 Å². The molecule has 7 nitrogen and oxygen atoms in total. The average Bonchev–Trinajstić information content (AvgIpc) is 2.86. The fourth-order valence-electron chi connectivity index (χ4n) is 4.03. The van der Waals surface area contributed by atoms with Crippen molar-refractivity contribution in [3.05, 3.63) is 11.6 Å². The highest BCUT2D eigenvalue weighted by Crippen LogP contribution is 2.27. The molecule has 2 aliphatic heterocycles. The van der Waals surface area contributed by atoms with Crippen LogP contribution in [0.3, 0.4) is 0 Å². The number of nitrogens with zero attached hydrogens (tertiary/aromatic N) is 5. The van der Waals surface area contributed by atoms with E-state index in [1.54, 1.807) is 0 Å². The molecule has 0 spiro atoms. The molecule has 1 aromatic rings. The zero-order valence-corrected chi connectivity index (χ0v) is 16.3. The summed E-state index contributed by atoms with van der Waals surface area (Å²) in [6, 6.07) is 0. The quantitative estimate of drug-likeness (QED) is 0.773. The number of aromatic nitrogens is 3. The SMILES string of the molecule is CCOCC(=O)N1CCC(c2nnc(CN3CCCCCC3)n2C)CC1. The van der Waals surface area contributed by atoms with Crippen molar-refractivity contribution in [3.8, 4) is 0 Å². The van der Waals surface area contributed by atoms with Crippen LogP contribution in [0.4, 0.5) is 0 Å². The molecule has 2 fully saturated rings. The van der Waals surface area contributed by atoms with Gasteiger partial charge in [-0.3, -0.25) is 9.69 Å². The van der Waals surface area contributed by atoms with Gasteiger partial charge in [0.25, 0.3) is 0 Å². The summed E-state index contributed by atoms with van der Waals surface area (Å²) in [4.78, 5) is 16.5. The average molecular weight is 364 g/mol. The summed E-state index contributed by atoms with van der Waals surface area (Å²) in [7, 11) is 2.09. The number of rotatable bonds is 6. The van der Waals surface area contributed by atoms with Crippen LogP contribution in [0.1, 0.15) is 63.0 Å². The zero-order valence-electron chi connectivity index (χ0n) is 16.3. The maximum Gasteiger partial charge on any atom is 0.248 e. The zero-order chi connectivity index (χ0) is 18.4. The predicted octanol–water partition coefficient (Wildman–Crippen LogP) is 1.93. The minimum atomic E-state index is 0.102. The van der Waals surface area contributed by atoms with Crippen molar-refractivity contribution >= 4 is 5.91 Å². The highest BCUT2D eigenvalue weighted by atomic mass is 16.5. The first kappa shape index (κ1) is 19.3. The predicted molar refractivity (Wildman–Crippen MR) is 99.8 cm³/mol.